The van der Waals surface area contributed by atoms with Gasteiger partial charge in [0, 0.05) is 42.0 Å². The lowest BCUT2D eigenvalue weighted by Crippen LogP contribution is -2.50. The Kier molecular flexibility index (Phi) is 6.95. The maximum atomic E-state index is 13.6. The molecule has 1 unspecified atom stereocenters. The minimum atomic E-state index is -2.22. The number of carbonyl (C=O) groups is 3. The molecule has 1 fully saturated rings. The molecular weight excluding hydrogens is 514 g/mol. The van der Waals surface area contributed by atoms with Gasteiger partial charge in [-0.05, 0) is 13.1 Å². The summed E-state index contributed by atoms with van der Waals surface area (Å²) in [4.78, 5) is 39.8. The molecule has 0 saturated carbocycles. The Morgan fingerprint density at radius 2 is 1.87 bits per heavy atom. The number of nitrogens with one attached hydrogen (secondary N) is 1. The minimum absolute atomic E-state index is 0.0425. The second kappa shape index (κ2) is 9.97. The summed E-state index contributed by atoms with van der Waals surface area (Å²) in [5.74, 6) is -3.69. The van der Waals surface area contributed by atoms with Crippen molar-refractivity contribution in [2.24, 2.45) is 0 Å². The summed E-state index contributed by atoms with van der Waals surface area (Å²) in [6.45, 7) is -1.09. The van der Waals surface area contributed by atoms with E-state index < -0.39 is 89.6 Å². The summed E-state index contributed by atoms with van der Waals surface area (Å²) in [7, 11) is 2.98. The number of ketones is 3. The molecule has 12 heteroatoms. The highest BCUT2D eigenvalue weighted by Gasteiger charge is 2.50. The van der Waals surface area contributed by atoms with Crippen molar-refractivity contribution >= 4 is 17.3 Å². The molecule has 3 aliphatic rings. The highest BCUT2D eigenvalue weighted by Crippen LogP contribution is 2.52. The van der Waals surface area contributed by atoms with Crippen LogP contribution in [0.25, 0.3) is 0 Å². The molecule has 12 nitrogen and oxygen atoms in total. The maximum absolute atomic E-state index is 13.6. The number of fused-ring (bicyclic) bond motifs is 3. The topological polar surface area (TPSA) is 192 Å². The zero-order chi connectivity index (χ0) is 28.2. The zero-order valence-electron chi connectivity index (χ0n) is 21.3. The van der Waals surface area contributed by atoms with Gasteiger partial charge in [-0.25, -0.2) is 0 Å². The quantitative estimate of drug-likeness (QED) is 0.226. The number of methoxy groups -OCH3 is 1. The van der Waals surface area contributed by atoms with Crippen molar-refractivity contribution in [2.45, 2.75) is 49.4 Å². The number of hydrogen-bond acceptors (Lipinski definition) is 12. The Morgan fingerprint density at radius 1 is 1.15 bits per heavy atom. The summed E-state index contributed by atoms with van der Waals surface area (Å²) in [6.07, 6.45) is -3.92. The van der Waals surface area contributed by atoms with Gasteiger partial charge in [0.25, 0.3) is 0 Å². The molecule has 2 aromatic carbocycles. The first kappa shape index (κ1) is 27.2. The van der Waals surface area contributed by atoms with Crippen LogP contribution in [0.2, 0.25) is 0 Å². The molecule has 0 aromatic heterocycles. The van der Waals surface area contributed by atoms with E-state index in [0.717, 1.165) is 0 Å². The van der Waals surface area contributed by atoms with Crippen molar-refractivity contribution in [3.05, 3.63) is 51.6 Å². The summed E-state index contributed by atoms with van der Waals surface area (Å²) >= 11 is 0. The fourth-order valence-electron chi connectivity index (χ4n) is 5.74. The number of Topliss-reactive ketones (excluding diaryl/α,β-unsaturated/α-hetero) is 1. The number of aliphatic hydroxyl groups is 3. The molecule has 2 aromatic rings. The van der Waals surface area contributed by atoms with E-state index in [9.17, 15) is 39.9 Å². The lowest BCUT2D eigenvalue weighted by molar-refractivity contribution is -0.225. The highest BCUT2D eigenvalue weighted by atomic mass is 16.7. The predicted octanol–water partition coefficient (Wildman–Crippen LogP) is -0.126. The van der Waals surface area contributed by atoms with Gasteiger partial charge in [0.2, 0.25) is 5.78 Å². The fourth-order valence-corrected chi connectivity index (χ4v) is 5.74. The molecular formula is C27H29NO11. The second-order valence-electron chi connectivity index (χ2n) is 9.96. The molecule has 0 radical (unpaired) electrons. The zero-order valence-corrected chi connectivity index (χ0v) is 21.3. The summed E-state index contributed by atoms with van der Waals surface area (Å²) in [5, 5.41) is 56.6. The Bertz CT molecular complexity index is 1370. The van der Waals surface area contributed by atoms with Crippen LogP contribution in [0, 0.1) is 0 Å². The second-order valence-corrected chi connectivity index (χ2v) is 9.96. The lowest BCUT2D eigenvalue weighted by Gasteiger charge is -2.41. The monoisotopic (exact) mass is 543 g/mol. The van der Waals surface area contributed by atoms with Crippen LogP contribution in [-0.4, -0.2) is 94.3 Å². The van der Waals surface area contributed by atoms with Crippen molar-refractivity contribution in [1.82, 2.24) is 5.32 Å². The van der Waals surface area contributed by atoms with E-state index in [1.54, 1.807) is 7.05 Å². The third-order valence-electron chi connectivity index (χ3n) is 7.79. The third kappa shape index (κ3) is 4.20. The molecule has 0 amide bonds. The van der Waals surface area contributed by atoms with Gasteiger partial charge in [-0.3, -0.25) is 14.4 Å². The SMILES string of the molecule is CNC1C[C@H](O[C@H]2C[C@](O)(C(=O)CO)Cc3c(O)c4c(c(O)c32)C(=O)c2c(OC)cccc2C4=O)OC[C@H]1O. The number of phenols is 2. The van der Waals surface area contributed by atoms with Gasteiger partial charge in [-0.2, -0.15) is 0 Å². The van der Waals surface area contributed by atoms with Crippen molar-refractivity contribution in [2.75, 3.05) is 27.4 Å². The van der Waals surface area contributed by atoms with Gasteiger partial charge in [0.15, 0.2) is 17.9 Å². The van der Waals surface area contributed by atoms with E-state index in [1.165, 1.54) is 25.3 Å². The number of phenolic OH excluding ortho intramolecular Hbond substituents is 2. The van der Waals surface area contributed by atoms with Gasteiger partial charge in [-0.15, -0.1) is 0 Å². The standard InChI is InChI=1S/C27H29NO11/c1-28-13-6-18(38-10-14(13)30)39-16-8-27(36,17(31)9-29)7-12-20(16)26(35)22-21(24(12)33)23(32)11-4-3-5-15(37-2)19(11)25(22)34/h3-5,13-14,16,18,28-30,33,35-36H,6-10H2,1-2H3/t13?,14-,16+,18+,27+/m1/s1. The first-order valence-corrected chi connectivity index (χ1v) is 12.4. The average molecular weight is 544 g/mol. The van der Waals surface area contributed by atoms with Crippen molar-refractivity contribution in [3.63, 3.8) is 0 Å². The van der Waals surface area contributed by atoms with Crippen LogP contribution in [0.1, 0.15) is 61.9 Å². The summed E-state index contributed by atoms with van der Waals surface area (Å²) in [6, 6.07) is 3.98. The summed E-state index contributed by atoms with van der Waals surface area (Å²) in [5.41, 5.74) is -3.51. The molecule has 39 heavy (non-hydrogen) atoms. The molecule has 5 atom stereocenters. The number of benzene rings is 2. The van der Waals surface area contributed by atoms with Gasteiger partial charge in [0.05, 0.1) is 42.6 Å². The number of aromatic hydroxyl groups is 2. The Balaban J connectivity index is 1.67. The lowest BCUT2D eigenvalue weighted by atomic mass is 9.72. The van der Waals surface area contributed by atoms with Crippen molar-refractivity contribution in [3.8, 4) is 17.2 Å². The van der Waals surface area contributed by atoms with Crippen molar-refractivity contribution in [1.29, 1.82) is 0 Å². The average Bonchev–Trinajstić information content (AvgIpc) is 2.93. The van der Waals surface area contributed by atoms with Crippen LogP contribution in [0.5, 0.6) is 17.2 Å². The van der Waals surface area contributed by atoms with Crippen LogP contribution in [-0.2, 0) is 20.7 Å². The molecule has 2 aliphatic carbocycles. The van der Waals surface area contributed by atoms with Crippen LogP contribution in [0.15, 0.2) is 18.2 Å². The predicted molar refractivity (Wildman–Crippen MR) is 132 cm³/mol. The molecule has 1 aliphatic heterocycles. The van der Waals surface area contributed by atoms with Crippen LogP contribution < -0.4 is 10.1 Å². The Morgan fingerprint density at radius 3 is 2.54 bits per heavy atom. The fraction of sp³-hybridized carbons (Fsp3) is 0.444. The van der Waals surface area contributed by atoms with E-state index in [1.807, 2.05) is 0 Å². The number of aliphatic hydroxyl groups excluding tert-OH is 2. The van der Waals surface area contributed by atoms with Crippen molar-refractivity contribution < 1.29 is 54.1 Å². The molecule has 5 rings (SSSR count). The number of rotatable bonds is 6. The maximum Gasteiger partial charge on any atom is 0.202 e. The van der Waals surface area contributed by atoms with Crippen LogP contribution >= 0.6 is 0 Å². The first-order chi connectivity index (χ1) is 18.6. The van der Waals surface area contributed by atoms with E-state index in [2.05, 4.69) is 5.32 Å². The Labute approximate surface area is 222 Å². The van der Waals surface area contributed by atoms with Gasteiger partial charge >= 0.3 is 0 Å². The summed E-state index contributed by atoms with van der Waals surface area (Å²) < 4.78 is 16.9. The molecule has 0 bridgehead atoms. The number of carbonyl (C=O) groups excluding carboxylic acids is 3. The van der Waals surface area contributed by atoms with E-state index in [4.69, 9.17) is 14.2 Å². The number of ether oxygens (including phenoxy) is 3. The highest BCUT2D eigenvalue weighted by molar-refractivity contribution is 6.31. The minimum Gasteiger partial charge on any atom is -0.507 e. The van der Waals surface area contributed by atoms with Gasteiger partial charge in [0.1, 0.15) is 29.5 Å². The normalized spacial score (nSPS) is 27.9. The third-order valence-corrected chi connectivity index (χ3v) is 7.79. The Hall–Kier alpha value is -3.39. The van der Waals surface area contributed by atoms with E-state index in [-0.39, 0.29) is 41.0 Å². The number of likely N-dealkylation sites (N-methyl/N-ethyl adjacent to an activating group) is 1. The van der Waals surface area contributed by atoms with Crippen LogP contribution in [0.4, 0.5) is 0 Å². The smallest absolute Gasteiger partial charge is 0.202 e. The van der Waals surface area contributed by atoms with E-state index >= 15 is 0 Å². The molecule has 0 spiro atoms. The number of hydrogen-bond donors (Lipinski definition) is 6. The van der Waals surface area contributed by atoms with E-state index in [0.29, 0.717) is 0 Å². The molecule has 1 saturated heterocycles. The molecule has 208 valence electrons. The largest absolute Gasteiger partial charge is 0.507 e. The first-order valence-electron chi connectivity index (χ1n) is 12.4. The van der Waals surface area contributed by atoms with Crippen LogP contribution in [0.3, 0.4) is 0 Å². The molecule has 1 heterocycles. The van der Waals surface area contributed by atoms with Gasteiger partial charge in [-0.1, -0.05) is 12.1 Å². The van der Waals surface area contributed by atoms with Gasteiger partial charge < -0.3 is 45.1 Å². The molecule has 6 N–H and O–H groups in total.